The third-order valence-corrected chi connectivity index (χ3v) is 4.68. The molecule has 1 aliphatic heterocycles. The minimum atomic E-state index is 0.418. The summed E-state index contributed by atoms with van der Waals surface area (Å²) in [6.07, 6.45) is 2.89. The van der Waals surface area contributed by atoms with Crippen LogP contribution in [-0.4, -0.2) is 49.1 Å². The molecule has 0 bridgehead atoms. The molecule has 0 saturated carbocycles. The Bertz CT molecular complexity index is 732. The second-order valence-electron chi connectivity index (χ2n) is 6.70. The number of aryl methyl sites for hydroxylation is 1. The SMILES string of the molecule is CCc1cccc(NC(N)=NCc2ccc(N3CCN(C)CC3)nc2)c1. The first-order valence-corrected chi connectivity index (χ1v) is 9.18. The second-order valence-corrected chi connectivity index (χ2v) is 6.70. The number of nitrogens with zero attached hydrogens (tertiary/aromatic N) is 4. The summed E-state index contributed by atoms with van der Waals surface area (Å²) in [6.45, 7) is 6.85. The van der Waals surface area contributed by atoms with E-state index in [-0.39, 0.29) is 0 Å². The van der Waals surface area contributed by atoms with Gasteiger partial charge in [-0.05, 0) is 42.8 Å². The maximum Gasteiger partial charge on any atom is 0.193 e. The lowest BCUT2D eigenvalue weighted by Gasteiger charge is -2.33. The zero-order valence-corrected chi connectivity index (χ0v) is 15.7. The average molecular weight is 352 g/mol. The standard InChI is InChI=1S/C20H28N6/c1-3-16-5-4-6-18(13-16)24-20(21)23-15-17-7-8-19(22-14-17)26-11-9-25(2)10-12-26/h4-8,13-14H,3,9-12,15H2,1-2H3,(H3,21,23,24). The zero-order valence-electron chi connectivity index (χ0n) is 15.7. The molecule has 3 N–H and O–H groups in total. The molecule has 1 saturated heterocycles. The predicted molar refractivity (Wildman–Crippen MR) is 109 cm³/mol. The van der Waals surface area contributed by atoms with Gasteiger partial charge in [-0.3, -0.25) is 0 Å². The average Bonchev–Trinajstić information content (AvgIpc) is 2.67. The quantitative estimate of drug-likeness (QED) is 0.638. The third-order valence-electron chi connectivity index (χ3n) is 4.68. The number of pyridine rings is 1. The number of aliphatic imine (C=N–C) groups is 1. The zero-order chi connectivity index (χ0) is 18.4. The van der Waals surface area contributed by atoms with E-state index in [0.29, 0.717) is 12.5 Å². The highest BCUT2D eigenvalue weighted by atomic mass is 15.3. The summed E-state index contributed by atoms with van der Waals surface area (Å²) in [7, 11) is 2.16. The van der Waals surface area contributed by atoms with E-state index in [1.807, 2.05) is 18.3 Å². The van der Waals surface area contributed by atoms with Crippen molar-refractivity contribution in [2.45, 2.75) is 19.9 Å². The summed E-state index contributed by atoms with van der Waals surface area (Å²) in [5.74, 6) is 1.45. The Labute approximate surface area is 155 Å². The molecule has 6 nitrogen and oxygen atoms in total. The molecule has 6 heteroatoms. The highest BCUT2D eigenvalue weighted by Crippen LogP contribution is 2.14. The van der Waals surface area contributed by atoms with Gasteiger partial charge in [0.05, 0.1) is 6.54 Å². The number of hydrogen-bond acceptors (Lipinski definition) is 4. The molecule has 0 atom stereocenters. The first-order valence-electron chi connectivity index (χ1n) is 9.18. The Balaban J connectivity index is 1.55. The van der Waals surface area contributed by atoms with Gasteiger partial charge in [-0.25, -0.2) is 9.98 Å². The van der Waals surface area contributed by atoms with E-state index >= 15 is 0 Å². The second kappa shape index (κ2) is 8.67. The van der Waals surface area contributed by atoms with Gasteiger partial charge >= 0.3 is 0 Å². The smallest absolute Gasteiger partial charge is 0.193 e. The van der Waals surface area contributed by atoms with E-state index in [2.05, 4.69) is 63.3 Å². The van der Waals surface area contributed by atoms with Crippen molar-refractivity contribution in [3.63, 3.8) is 0 Å². The summed E-state index contributed by atoms with van der Waals surface area (Å²) in [6, 6.07) is 12.4. The number of likely N-dealkylation sites (N-methyl/N-ethyl adjacent to an activating group) is 1. The normalized spacial score (nSPS) is 15.9. The molecule has 2 aromatic rings. The Morgan fingerprint density at radius 2 is 1.96 bits per heavy atom. The molecule has 1 aromatic carbocycles. The van der Waals surface area contributed by atoms with Crippen molar-refractivity contribution in [3.8, 4) is 0 Å². The Hall–Kier alpha value is -2.60. The van der Waals surface area contributed by atoms with Crippen LogP contribution in [0, 0.1) is 0 Å². The lowest BCUT2D eigenvalue weighted by atomic mass is 10.1. The number of benzene rings is 1. The minimum absolute atomic E-state index is 0.418. The number of rotatable bonds is 5. The van der Waals surface area contributed by atoms with E-state index < -0.39 is 0 Å². The van der Waals surface area contributed by atoms with Gasteiger partial charge in [0.25, 0.3) is 0 Å². The van der Waals surface area contributed by atoms with Gasteiger partial charge < -0.3 is 20.9 Å². The lowest BCUT2D eigenvalue weighted by molar-refractivity contribution is 0.312. The maximum absolute atomic E-state index is 6.01. The highest BCUT2D eigenvalue weighted by molar-refractivity contribution is 5.92. The van der Waals surface area contributed by atoms with Gasteiger partial charge in [0.1, 0.15) is 5.82 Å². The van der Waals surface area contributed by atoms with E-state index in [4.69, 9.17) is 5.73 Å². The molecule has 1 aliphatic rings. The molecule has 1 aromatic heterocycles. The number of aromatic nitrogens is 1. The fraction of sp³-hybridized carbons (Fsp3) is 0.400. The van der Waals surface area contributed by atoms with Gasteiger partial charge in [0.2, 0.25) is 0 Å². The molecular weight excluding hydrogens is 324 g/mol. The number of hydrogen-bond donors (Lipinski definition) is 2. The molecule has 3 rings (SSSR count). The maximum atomic E-state index is 6.01. The largest absolute Gasteiger partial charge is 0.370 e. The molecule has 2 heterocycles. The number of anilines is 2. The molecule has 0 unspecified atom stereocenters. The molecular formula is C20H28N6. The van der Waals surface area contributed by atoms with Crippen molar-refractivity contribution in [3.05, 3.63) is 53.7 Å². The van der Waals surface area contributed by atoms with Crippen LogP contribution in [0.2, 0.25) is 0 Å². The predicted octanol–water partition coefficient (Wildman–Crippen LogP) is 2.32. The number of nitrogens with two attached hydrogens (primary N) is 1. The van der Waals surface area contributed by atoms with Gasteiger partial charge in [0.15, 0.2) is 5.96 Å². The number of nitrogens with one attached hydrogen (secondary N) is 1. The molecule has 0 spiro atoms. The Morgan fingerprint density at radius 3 is 2.65 bits per heavy atom. The van der Waals surface area contributed by atoms with E-state index in [1.165, 1.54) is 5.56 Å². The van der Waals surface area contributed by atoms with Crippen molar-refractivity contribution in [2.24, 2.45) is 10.7 Å². The summed E-state index contributed by atoms with van der Waals surface area (Å²) in [5, 5.41) is 3.15. The van der Waals surface area contributed by atoms with Crippen LogP contribution in [0.15, 0.2) is 47.6 Å². The summed E-state index contributed by atoms with van der Waals surface area (Å²) < 4.78 is 0. The van der Waals surface area contributed by atoms with Crippen LogP contribution >= 0.6 is 0 Å². The molecule has 1 fully saturated rings. The minimum Gasteiger partial charge on any atom is -0.370 e. The van der Waals surface area contributed by atoms with Crippen molar-refractivity contribution in [1.82, 2.24) is 9.88 Å². The first-order chi connectivity index (χ1) is 12.6. The molecule has 0 radical (unpaired) electrons. The van der Waals surface area contributed by atoms with Gasteiger partial charge in [0, 0.05) is 38.1 Å². The molecule has 0 aliphatic carbocycles. The summed E-state index contributed by atoms with van der Waals surface area (Å²) in [5.41, 5.74) is 9.30. The first kappa shape index (κ1) is 18.2. The van der Waals surface area contributed by atoms with Crippen molar-refractivity contribution in [2.75, 3.05) is 43.4 Å². The van der Waals surface area contributed by atoms with Crippen LogP contribution < -0.4 is 16.0 Å². The summed E-state index contributed by atoms with van der Waals surface area (Å²) >= 11 is 0. The van der Waals surface area contributed by atoms with Gasteiger partial charge in [-0.15, -0.1) is 0 Å². The van der Waals surface area contributed by atoms with Crippen LogP contribution in [-0.2, 0) is 13.0 Å². The summed E-state index contributed by atoms with van der Waals surface area (Å²) in [4.78, 5) is 13.7. The van der Waals surface area contributed by atoms with E-state index in [9.17, 15) is 0 Å². The van der Waals surface area contributed by atoms with Crippen LogP contribution in [0.4, 0.5) is 11.5 Å². The lowest BCUT2D eigenvalue weighted by Crippen LogP contribution is -2.44. The van der Waals surface area contributed by atoms with Crippen molar-refractivity contribution in [1.29, 1.82) is 0 Å². The Morgan fingerprint density at radius 1 is 1.15 bits per heavy atom. The van der Waals surface area contributed by atoms with Crippen LogP contribution in [0.3, 0.4) is 0 Å². The third kappa shape index (κ3) is 4.95. The van der Waals surface area contributed by atoms with Crippen LogP contribution in [0.1, 0.15) is 18.1 Å². The van der Waals surface area contributed by atoms with E-state index in [0.717, 1.165) is 49.7 Å². The van der Waals surface area contributed by atoms with Gasteiger partial charge in [-0.2, -0.15) is 0 Å². The fourth-order valence-corrected chi connectivity index (χ4v) is 2.97. The van der Waals surface area contributed by atoms with Crippen molar-refractivity contribution >= 4 is 17.5 Å². The number of piperazine rings is 1. The topological polar surface area (TPSA) is 69.8 Å². The van der Waals surface area contributed by atoms with E-state index in [1.54, 1.807) is 0 Å². The monoisotopic (exact) mass is 352 g/mol. The molecule has 138 valence electrons. The van der Waals surface area contributed by atoms with Crippen LogP contribution in [0.25, 0.3) is 0 Å². The molecule has 0 amide bonds. The molecule has 26 heavy (non-hydrogen) atoms. The Kier molecular flexibility index (Phi) is 6.07. The van der Waals surface area contributed by atoms with Gasteiger partial charge in [-0.1, -0.05) is 25.1 Å². The fourth-order valence-electron chi connectivity index (χ4n) is 2.97. The van der Waals surface area contributed by atoms with Crippen LogP contribution in [0.5, 0.6) is 0 Å². The van der Waals surface area contributed by atoms with Crippen molar-refractivity contribution < 1.29 is 0 Å². The number of guanidine groups is 1. The highest BCUT2D eigenvalue weighted by Gasteiger charge is 2.14.